The predicted molar refractivity (Wildman–Crippen MR) is 130 cm³/mol. The summed E-state index contributed by atoms with van der Waals surface area (Å²) in [5.41, 5.74) is 3.79. The fraction of sp³-hybridized carbons (Fsp3) is 0.333. The highest BCUT2D eigenvalue weighted by Gasteiger charge is 2.40. The van der Waals surface area contributed by atoms with E-state index in [1.165, 1.54) is 6.07 Å². The lowest BCUT2D eigenvalue weighted by Gasteiger charge is -2.37. The molecule has 0 atom stereocenters. The molecule has 0 radical (unpaired) electrons. The molecule has 2 aliphatic rings. The van der Waals surface area contributed by atoms with Gasteiger partial charge in [0.15, 0.2) is 16.6 Å². The molecule has 0 saturated carbocycles. The highest BCUT2D eigenvalue weighted by atomic mass is 32.1. The SMILES string of the molecule is COc1ccc(CNC(=O)C2=CC3(CCN(C(=S)Nc4ccccc4F)CC3)ON2)cc1OC. The van der Waals surface area contributed by atoms with Crippen molar-refractivity contribution in [2.24, 2.45) is 0 Å². The van der Waals surface area contributed by atoms with Gasteiger partial charge in [-0.25, -0.2) is 4.39 Å². The highest BCUT2D eigenvalue weighted by Crippen LogP contribution is 2.32. The first-order valence-electron chi connectivity index (χ1n) is 10.9. The average Bonchev–Trinajstić information content (AvgIpc) is 3.27. The number of nitrogens with one attached hydrogen (secondary N) is 3. The van der Waals surface area contributed by atoms with Crippen LogP contribution in [0.5, 0.6) is 11.5 Å². The Bertz CT molecular complexity index is 1100. The maximum Gasteiger partial charge on any atom is 0.269 e. The zero-order valence-corrected chi connectivity index (χ0v) is 19.8. The van der Waals surface area contributed by atoms with Crippen LogP contribution in [0.3, 0.4) is 0 Å². The molecule has 4 rings (SSSR count). The summed E-state index contributed by atoms with van der Waals surface area (Å²) in [5.74, 6) is 0.617. The smallest absolute Gasteiger partial charge is 0.269 e. The number of piperidine rings is 1. The molecule has 0 unspecified atom stereocenters. The number of para-hydroxylation sites is 1. The number of amides is 1. The number of carbonyl (C=O) groups is 1. The number of hydroxylamine groups is 1. The maximum atomic E-state index is 13.9. The van der Waals surface area contributed by atoms with Crippen molar-refractivity contribution in [1.82, 2.24) is 15.7 Å². The van der Waals surface area contributed by atoms with Crippen LogP contribution in [0.1, 0.15) is 18.4 Å². The lowest BCUT2D eigenvalue weighted by Crippen LogP contribution is -2.48. The number of hydrogen-bond donors (Lipinski definition) is 3. The van der Waals surface area contributed by atoms with Gasteiger partial charge in [0, 0.05) is 32.5 Å². The van der Waals surface area contributed by atoms with E-state index in [0.29, 0.717) is 60.5 Å². The van der Waals surface area contributed by atoms with E-state index in [9.17, 15) is 9.18 Å². The third kappa shape index (κ3) is 5.23. The van der Waals surface area contributed by atoms with Gasteiger partial charge in [0.1, 0.15) is 17.1 Å². The van der Waals surface area contributed by atoms with Crippen molar-refractivity contribution in [1.29, 1.82) is 0 Å². The largest absolute Gasteiger partial charge is 0.493 e. The first-order valence-corrected chi connectivity index (χ1v) is 11.3. The average molecular weight is 487 g/mol. The molecule has 1 saturated heterocycles. The fourth-order valence-electron chi connectivity index (χ4n) is 3.95. The van der Waals surface area contributed by atoms with Crippen LogP contribution < -0.4 is 25.6 Å². The minimum absolute atomic E-state index is 0.258. The van der Waals surface area contributed by atoms with Gasteiger partial charge in [0.25, 0.3) is 5.91 Å². The number of likely N-dealkylation sites (tertiary alicyclic amines) is 1. The molecule has 2 aliphatic heterocycles. The molecule has 1 spiro atoms. The molecule has 2 heterocycles. The Morgan fingerprint density at radius 1 is 1.18 bits per heavy atom. The minimum Gasteiger partial charge on any atom is -0.493 e. The highest BCUT2D eigenvalue weighted by molar-refractivity contribution is 7.80. The summed E-state index contributed by atoms with van der Waals surface area (Å²) < 4.78 is 24.4. The minimum atomic E-state index is -0.583. The van der Waals surface area contributed by atoms with Crippen LogP contribution in [0, 0.1) is 5.82 Å². The van der Waals surface area contributed by atoms with E-state index in [-0.39, 0.29) is 11.7 Å². The molecule has 1 amide bonds. The van der Waals surface area contributed by atoms with Gasteiger partial charge in [-0.05, 0) is 48.1 Å². The number of carbonyl (C=O) groups excluding carboxylic acids is 1. The second kappa shape index (κ2) is 10.3. The summed E-state index contributed by atoms with van der Waals surface area (Å²) in [7, 11) is 3.14. The lowest BCUT2D eigenvalue weighted by molar-refractivity contribution is -0.120. The summed E-state index contributed by atoms with van der Waals surface area (Å²) >= 11 is 5.45. The summed E-state index contributed by atoms with van der Waals surface area (Å²) in [4.78, 5) is 20.5. The fourth-order valence-corrected chi connectivity index (χ4v) is 4.24. The van der Waals surface area contributed by atoms with Crippen molar-refractivity contribution < 1.29 is 23.5 Å². The normalized spacial score (nSPS) is 16.4. The molecule has 10 heteroatoms. The number of methoxy groups -OCH3 is 2. The molecule has 0 aliphatic carbocycles. The predicted octanol–water partition coefficient (Wildman–Crippen LogP) is 3.11. The van der Waals surface area contributed by atoms with Crippen molar-refractivity contribution in [3.05, 3.63) is 65.6 Å². The lowest BCUT2D eigenvalue weighted by atomic mass is 9.91. The van der Waals surface area contributed by atoms with E-state index in [1.807, 2.05) is 23.1 Å². The zero-order chi connectivity index (χ0) is 24.1. The van der Waals surface area contributed by atoms with Gasteiger partial charge in [0.05, 0.1) is 19.9 Å². The third-order valence-corrected chi connectivity index (χ3v) is 6.29. The summed E-state index contributed by atoms with van der Waals surface area (Å²) in [5, 5.41) is 6.31. The Balaban J connectivity index is 1.30. The number of halogens is 1. The van der Waals surface area contributed by atoms with Crippen LogP contribution in [0.2, 0.25) is 0 Å². The van der Waals surface area contributed by atoms with Gasteiger partial charge < -0.3 is 25.0 Å². The zero-order valence-electron chi connectivity index (χ0n) is 19.0. The Labute approximate surface area is 203 Å². The molecular formula is C24H27FN4O4S. The van der Waals surface area contributed by atoms with Crippen LogP contribution in [-0.2, 0) is 16.2 Å². The molecule has 2 aromatic carbocycles. The number of hydrogen-bond acceptors (Lipinski definition) is 6. The van der Waals surface area contributed by atoms with E-state index in [1.54, 1.807) is 38.5 Å². The molecule has 1 fully saturated rings. The Hall–Kier alpha value is -3.37. The summed E-state index contributed by atoms with van der Waals surface area (Å²) in [6.07, 6.45) is 3.10. The van der Waals surface area contributed by atoms with E-state index >= 15 is 0 Å². The van der Waals surface area contributed by atoms with E-state index in [4.69, 9.17) is 26.5 Å². The molecule has 3 N–H and O–H groups in total. The number of anilines is 1. The molecule has 2 aromatic rings. The van der Waals surface area contributed by atoms with Gasteiger partial charge in [0.2, 0.25) is 0 Å². The molecular weight excluding hydrogens is 459 g/mol. The molecule has 0 bridgehead atoms. The molecule has 0 aromatic heterocycles. The number of nitrogens with zero attached hydrogens (tertiary/aromatic N) is 1. The van der Waals surface area contributed by atoms with Gasteiger partial charge in [-0.15, -0.1) is 0 Å². The standard InChI is InChI=1S/C24H27FN4O4S/c1-31-20-8-7-16(13-21(20)32-2)15-26-22(30)19-14-24(33-28-19)9-11-29(12-10-24)23(34)27-18-6-4-3-5-17(18)25/h3-8,13-14,28H,9-12,15H2,1-2H3,(H,26,30)(H,27,34). The Morgan fingerprint density at radius 2 is 1.91 bits per heavy atom. The molecule has 8 nitrogen and oxygen atoms in total. The second-order valence-corrected chi connectivity index (χ2v) is 8.48. The number of thiocarbonyl (C=S) groups is 1. The monoisotopic (exact) mass is 486 g/mol. The van der Waals surface area contributed by atoms with Crippen molar-refractivity contribution in [3.63, 3.8) is 0 Å². The Morgan fingerprint density at radius 3 is 2.62 bits per heavy atom. The summed E-state index contributed by atoms with van der Waals surface area (Å²) in [6.45, 7) is 1.55. The van der Waals surface area contributed by atoms with Crippen LogP contribution in [0.25, 0.3) is 0 Å². The van der Waals surface area contributed by atoms with Crippen molar-refractivity contribution in [2.45, 2.75) is 25.0 Å². The Kier molecular flexibility index (Phi) is 7.18. The first-order chi connectivity index (χ1) is 16.4. The van der Waals surface area contributed by atoms with Crippen LogP contribution in [0.15, 0.2) is 54.2 Å². The quantitative estimate of drug-likeness (QED) is 0.538. The van der Waals surface area contributed by atoms with Crippen molar-refractivity contribution >= 4 is 28.9 Å². The first kappa shape index (κ1) is 23.8. The third-order valence-electron chi connectivity index (χ3n) is 5.93. The van der Waals surface area contributed by atoms with E-state index in [2.05, 4.69) is 16.1 Å². The topological polar surface area (TPSA) is 84.1 Å². The molecule has 34 heavy (non-hydrogen) atoms. The van der Waals surface area contributed by atoms with Crippen LogP contribution in [-0.4, -0.2) is 48.8 Å². The van der Waals surface area contributed by atoms with E-state index in [0.717, 1.165) is 5.56 Å². The van der Waals surface area contributed by atoms with Gasteiger partial charge >= 0.3 is 0 Å². The van der Waals surface area contributed by atoms with Crippen LogP contribution in [0.4, 0.5) is 10.1 Å². The van der Waals surface area contributed by atoms with Crippen molar-refractivity contribution in [3.8, 4) is 11.5 Å². The number of benzene rings is 2. The number of ether oxygens (including phenoxy) is 2. The second-order valence-electron chi connectivity index (χ2n) is 8.10. The van der Waals surface area contributed by atoms with Crippen LogP contribution >= 0.6 is 12.2 Å². The van der Waals surface area contributed by atoms with Gasteiger partial charge in [-0.2, -0.15) is 0 Å². The maximum absolute atomic E-state index is 13.9. The van der Waals surface area contributed by atoms with E-state index < -0.39 is 5.60 Å². The molecule has 180 valence electrons. The van der Waals surface area contributed by atoms with Crippen molar-refractivity contribution in [2.75, 3.05) is 32.6 Å². The van der Waals surface area contributed by atoms with Gasteiger partial charge in [-0.3, -0.25) is 15.1 Å². The van der Waals surface area contributed by atoms with Gasteiger partial charge in [-0.1, -0.05) is 18.2 Å². The number of rotatable bonds is 6. The summed E-state index contributed by atoms with van der Waals surface area (Å²) in [6, 6.07) is 11.9.